The first-order valence-corrected chi connectivity index (χ1v) is 7.65. The van der Waals surface area contributed by atoms with Gasteiger partial charge in [-0.3, -0.25) is 4.90 Å². The molecule has 0 aromatic heterocycles. The van der Waals surface area contributed by atoms with Crippen molar-refractivity contribution in [1.29, 1.82) is 0 Å². The Morgan fingerprint density at radius 2 is 1.65 bits per heavy atom. The van der Waals surface area contributed by atoms with Crippen molar-refractivity contribution in [2.75, 3.05) is 7.05 Å². The van der Waals surface area contributed by atoms with Crippen molar-refractivity contribution in [3.8, 4) is 0 Å². The van der Waals surface area contributed by atoms with Crippen LogP contribution in [0, 0.1) is 0 Å². The molecule has 0 amide bonds. The first-order valence-electron chi connectivity index (χ1n) is 6.83. The summed E-state index contributed by atoms with van der Waals surface area (Å²) in [6.45, 7) is 11.8. The molecule has 98 valence electrons. The van der Waals surface area contributed by atoms with Crippen molar-refractivity contribution < 1.29 is 0 Å². The van der Waals surface area contributed by atoms with Gasteiger partial charge in [0.2, 0.25) is 0 Å². The molecule has 2 heteroatoms. The summed E-state index contributed by atoms with van der Waals surface area (Å²) >= 11 is 2.22. The van der Waals surface area contributed by atoms with Crippen LogP contribution >= 0.6 is 11.8 Å². The van der Waals surface area contributed by atoms with Crippen LogP contribution in [-0.4, -0.2) is 27.1 Å². The molecule has 17 heavy (non-hydrogen) atoms. The van der Waals surface area contributed by atoms with Gasteiger partial charge >= 0.3 is 0 Å². The zero-order valence-electron chi connectivity index (χ0n) is 12.3. The molecule has 2 rings (SSSR count). The summed E-state index contributed by atoms with van der Waals surface area (Å²) in [5.41, 5.74) is 1.94. The highest BCUT2D eigenvalue weighted by Crippen LogP contribution is 2.60. The summed E-state index contributed by atoms with van der Waals surface area (Å²) < 4.78 is 0.342. The minimum atomic E-state index is 0.283. The fourth-order valence-electron chi connectivity index (χ4n) is 3.27. The van der Waals surface area contributed by atoms with Gasteiger partial charge in [0.05, 0.1) is 4.87 Å². The smallest absolute Gasteiger partial charge is 0.0684 e. The maximum atomic E-state index is 2.66. The zero-order valence-corrected chi connectivity index (χ0v) is 13.1. The molecule has 0 N–H and O–H groups in total. The van der Waals surface area contributed by atoms with E-state index in [2.05, 4.69) is 64.4 Å². The predicted molar refractivity (Wildman–Crippen MR) is 78.5 cm³/mol. The summed E-state index contributed by atoms with van der Waals surface area (Å²) in [6.07, 6.45) is 7.55. The molecule has 0 aromatic carbocycles. The Bertz CT molecular complexity index is 331. The molecule has 1 aliphatic heterocycles. The maximum absolute atomic E-state index is 2.66. The second-order valence-corrected chi connectivity index (χ2v) is 8.61. The fraction of sp³-hybridized carbons (Fsp3) is 0.867. The molecule has 1 saturated heterocycles. The number of allylic oxidation sites excluding steroid dienone is 2. The Morgan fingerprint density at radius 1 is 1.12 bits per heavy atom. The summed E-state index contributed by atoms with van der Waals surface area (Å²) in [6, 6.07) is 0. The highest BCUT2D eigenvalue weighted by Gasteiger charge is 2.59. The second-order valence-electron chi connectivity index (χ2n) is 6.62. The van der Waals surface area contributed by atoms with Crippen LogP contribution in [0.4, 0.5) is 0 Å². The third-order valence-electron chi connectivity index (χ3n) is 5.45. The molecule has 0 atom stereocenters. The Hall–Kier alpha value is 0.0500. The number of rotatable bonds is 0. The van der Waals surface area contributed by atoms with E-state index in [0.29, 0.717) is 9.62 Å². The first-order chi connectivity index (χ1) is 7.75. The molecule has 1 saturated carbocycles. The molecular weight excluding hydrogens is 226 g/mol. The van der Waals surface area contributed by atoms with E-state index in [-0.39, 0.29) is 5.54 Å². The number of hydrogen-bond donors (Lipinski definition) is 0. The van der Waals surface area contributed by atoms with E-state index >= 15 is 0 Å². The average Bonchev–Trinajstić information content (AvgIpc) is 2.39. The lowest BCUT2D eigenvalue weighted by molar-refractivity contribution is 0.0686. The molecule has 1 heterocycles. The van der Waals surface area contributed by atoms with Crippen molar-refractivity contribution in [2.45, 2.75) is 75.5 Å². The van der Waals surface area contributed by atoms with Gasteiger partial charge in [0.25, 0.3) is 0 Å². The monoisotopic (exact) mass is 253 g/mol. The summed E-state index contributed by atoms with van der Waals surface area (Å²) in [7, 11) is 2.34. The number of thioether (sulfide) groups is 1. The van der Waals surface area contributed by atoms with Gasteiger partial charge in [0.1, 0.15) is 0 Å². The van der Waals surface area contributed by atoms with E-state index in [0.717, 1.165) is 0 Å². The van der Waals surface area contributed by atoms with Gasteiger partial charge in [-0.05, 0) is 67.3 Å². The first kappa shape index (κ1) is 13.5. The lowest BCUT2D eigenvalue weighted by Gasteiger charge is -2.44. The Labute approximate surface area is 111 Å². The van der Waals surface area contributed by atoms with E-state index in [1.54, 1.807) is 5.57 Å². The lowest BCUT2D eigenvalue weighted by Crippen LogP contribution is -2.53. The van der Waals surface area contributed by atoms with Gasteiger partial charge in [-0.15, -0.1) is 11.8 Å². The third kappa shape index (κ3) is 1.88. The van der Waals surface area contributed by atoms with Crippen molar-refractivity contribution in [2.24, 2.45) is 0 Å². The number of hydrogen-bond acceptors (Lipinski definition) is 2. The summed E-state index contributed by atoms with van der Waals surface area (Å²) in [5, 5.41) is 0. The van der Waals surface area contributed by atoms with E-state index in [1.165, 1.54) is 25.7 Å². The standard InChI is InChI=1S/C15H27NS/c1-7-12-8-10-15(11-9-12)16(6)13(2,3)14(4,5)17-15/h7H,8-11H2,1-6H3. The Morgan fingerprint density at radius 3 is 2.00 bits per heavy atom. The SMILES string of the molecule is CC=C1CCC2(CC1)SC(C)(C)C(C)(C)N2C. The van der Waals surface area contributed by atoms with Crippen LogP contribution in [0.3, 0.4) is 0 Å². The molecule has 2 fully saturated rings. The largest absolute Gasteiger partial charge is 0.285 e. The van der Waals surface area contributed by atoms with Crippen LogP contribution in [0.5, 0.6) is 0 Å². The summed E-state index contributed by atoms with van der Waals surface area (Å²) in [4.78, 5) is 3.05. The van der Waals surface area contributed by atoms with Crippen molar-refractivity contribution in [3.05, 3.63) is 11.6 Å². The molecule has 0 radical (unpaired) electrons. The average molecular weight is 253 g/mol. The highest BCUT2D eigenvalue weighted by molar-refractivity contribution is 8.02. The van der Waals surface area contributed by atoms with Crippen LogP contribution < -0.4 is 0 Å². The topological polar surface area (TPSA) is 3.24 Å². The van der Waals surface area contributed by atoms with E-state index < -0.39 is 0 Å². The Balaban J connectivity index is 2.25. The number of nitrogens with zero attached hydrogens (tertiary/aromatic N) is 1. The minimum Gasteiger partial charge on any atom is -0.285 e. The predicted octanol–water partition coefficient (Wildman–Crippen LogP) is 4.44. The molecule has 0 aromatic rings. The summed E-state index contributed by atoms with van der Waals surface area (Å²) in [5.74, 6) is 0. The third-order valence-corrected chi connectivity index (χ3v) is 7.52. The maximum Gasteiger partial charge on any atom is 0.0684 e. The van der Waals surface area contributed by atoms with Crippen LogP contribution in [0.2, 0.25) is 0 Å². The van der Waals surface area contributed by atoms with E-state index in [9.17, 15) is 0 Å². The van der Waals surface area contributed by atoms with Crippen LogP contribution in [0.15, 0.2) is 11.6 Å². The normalized spacial score (nSPS) is 36.5. The van der Waals surface area contributed by atoms with Gasteiger partial charge in [-0.25, -0.2) is 0 Å². The van der Waals surface area contributed by atoms with Crippen LogP contribution in [0.25, 0.3) is 0 Å². The Kier molecular flexibility index (Phi) is 3.19. The van der Waals surface area contributed by atoms with Crippen molar-refractivity contribution in [1.82, 2.24) is 4.90 Å². The molecule has 1 aliphatic carbocycles. The van der Waals surface area contributed by atoms with Gasteiger partial charge in [0, 0.05) is 10.3 Å². The minimum absolute atomic E-state index is 0.283. The van der Waals surface area contributed by atoms with Crippen molar-refractivity contribution >= 4 is 11.8 Å². The van der Waals surface area contributed by atoms with Crippen LogP contribution in [-0.2, 0) is 0 Å². The fourth-order valence-corrected chi connectivity index (χ4v) is 5.38. The van der Waals surface area contributed by atoms with Gasteiger partial charge in [0.15, 0.2) is 0 Å². The van der Waals surface area contributed by atoms with Crippen LogP contribution in [0.1, 0.15) is 60.3 Å². The van der Waals surface area contributed by atoms with Crippen molar-refractivity contribution in [3.63, 3.8) is 0 Å². The second kappa shape index (κ2) is 4.03. The van der Waals surface area contributed by atoms with E-state index in [1.807, 2.05) is 0 Å². The molecule has 0 bridgehead atoms. The van der Waals surface area contributed by atoms with Gasteiger partial charge in [-0.1, -0.05) is 11.6 Å². The molecule has 0 unspecified atom stereocenters. The van der Waals surface area contributed by atoms with Gasteiger partial charge < -0.3 is 0 Å². The molecule has 1 spiro atoms. The molecule has 2 aliphatic rings. The lowest BCUT2D eigenvalue weighted by atomic mass is 9.83. The molecular formula is C15H27NS. The highest BCUT2D eigenvalue weighted by atomic mass is 32.2. The zero-order chi connectivity index (χ0) is 12.9. The van der Waals surface area contributed by atoms with Gasteiger partial charge in [-0.2, -0.15) is 0 Å². The quantitative estimate of drug-likeness (QED) is 0.587. The van der Waals surface area contributed by atoms with E-state index in [4.69, 9.17) is 0 Å². The molecule has 1 nitrogen and oxygen atoms in total.